The second-order valence-corrected chi connectivity index (χ2v) is 11.3. The van der Waals surface area contributed by atoms with Crippen LogP contribution in [-0.2, 0) is 16.0 Å². The van der Waals surface area contributed by atoms with Crippen LogP contribution in [0.25, 0.3) is 11.1 Å². The molecule has 0 unspecified atom stereocenters. The SMILES string of the molecule is C[C@H](CS(=O)(=O)c1ccc(-c2ccsc2)c(NC(=O)Nc2cccc(C(F)(F)F)c2)c1)c1ccccc1. The Hall–Kier alpha value is -3.63. The molecule has 0 fully saturated rings. The maximum atomic E-state index is 13.2. The highest BCUT2D eigenvalue weighted by Gasteiger charge is 2.30. The summed E-state index contributed by atoms with van der Waals surface area (Å²) in [4.78, 5) is 12.8. The number of alkyl halides is 3. The second-order valence-electron chi connectivity index (χ2n) is 8.47. The Labute approximate surface area is 216 Å². The maximum absolute atomic E-state index is 13.2. The number of thiophene rings is 1. The first-order valence-electron chi connectivity index (χ1n) is 11.2. The number of carbonyl (C=O) groups is 1. The van der Waals surface area contributed by atoms with E-state index in [9.17, 15) is 26.4 Å². The lowest BCUT2D eigenvalue weighted by atomic mass is 10.0. The molecule has 0 spiro atoms. The summed E-state index contributed by atoms with van der Waals surface area (Å²) in [5, 5.41) is 8.69. The van der Waals surface area contributed by atoms with Crippen LogP contribution in [0.15, 0.2) is 94.5 Å². The molecule has 2 N–H and O–H groups in total. The number of nitrogens with one attached hydrogen (secondary N) is 2. The molecule has 37 heavy (non-hydrogen) atoms. The van der Waals surface area contributed by atoms with Crippen molar-refractivity contribution in [2.75, 3.05) is 16.4 Å². The molecular formula is C27H23F3N2O3S2. The molecule has 1 aromatic heterocycles. The summed E-state index contributed by atoms with van der Waals surface area (Å²) in [6, 6.07) is 19.0. The van der Waals surface area contributed by atoms with Gasteiger partial charge in [-0.25, -0.2) is 13.2 Å². The van der Waals surface area contributed by atoms with E-state index < -0.39 is 27.6 Å². The molecule has 4 rings (SSSR count). The molecule has 4 aromatic rings. The Morgan fingerprint density at radius 3 is 2.38 bits per heavy atom. The number of carbonyl (C=O) groups excluding carboxylic acids is 1. The monoisotopic (exact) mass is 544 g/mol. The van der Waals surface area contributed by atoms with Gasteiger partial charge in [0.1, 0.15) is 0 Å². The number of amides is 2. The number of benzene rings is 3. The van der Waals surface area contributed by atoms with Crippen molar-refractivity contribution < 1.29 is 26.4 Å². The molecule has 1 heterocycles. The van der Waals surface area contributed by atoms with Gasteiger partial charge in [-0.3, -0.25) is 0 Å². The van der Waals surface area contributed by atoms with Crippen LogP contribution < -0.4 is 10.6 Å². The van der Waals surface area contributed by atoms with E-state index in [1.165, 1.54) is 35.6 Å². The van der Waals surface area contributed by atoms with E-state index in [2.05, 4.69) is 10.6 Å². The minimum Gasteiger partial charge on any atom is -0.308 e. The number of anilines is 2. The predicted octanol–water partition coefficient (Wildman–Crippen LogP) is 7.66. The van der Waals surface area contributed by atoms with E-state index in [1.807, 2.05) is 54.1 Å². The van der Waals surface area contributed by atoms with Gasteiger partial charge in [-0.2, -0.15) is 24.5 Å². The summed E-state index contributed by atoms with van der Waals surface area (Å²) in [7, 11) is -3.73. The number of hydrogen-bond donors (Lipinski definition) is 2. The smallest absolute Gasteiger partial charge is 0.308 e. The van der Waals surface area contributed by atoms with Crippen molar-refractivity contribution in [1.82, 2.24) is 0 Å². The molecule has 3 aromatic carbocycles. The number of rotatable bonds is 7. The Morgan fingerprint density at radius 2 is 1.70 bits per heavy atom. The van der Waals surface area contributed by atoms with Crippen molar-refractivity contribution >= 4 is 38.6 Å². The fourth-order valence-electron chi connectivity index (χ4n) is 3.85. The third kappa shape index (κ3) is 6.58. The van der Waals surface area contributed by atoms with Crippen LogP contribution in [0.3, 0.4) is 0 Å². The highest BCUT2D eigenvalue weighted by Crippen LogP contribution is 2.34. The van der Waals surface area contributed by atoms with Gasteiger partial charge in [0, 0.05) is 11.3 Å². The Morgan fingerprint density at radius 1 is 0.946 bits per heavy atom. The highest BCUT2D eigenvalue weighted by atomic mass is 32.2. The van der Waals surface area contributed by atoms with Gasteiger partial charge < -0.3 is 10.6 Å². The molecule has 192 valence electrons. The first-order valence-corrected chi connectivity index (χ1v) is 13.8. The van der Waals surface area contributed by atoms with Crippen molar-refractivity contribution in [3.05, 3.63) is 101 Å². The van der Waals surface area contributed by atoms with Crippen LogP contribution in [0, 0.1) is 0 Å². The number of urea groups is 1. The van der Waals surface area contributed by atoms with E-state index in [4.69, 9.17) is 0 Å². The van der Waals surface area contributed by atoms with E-state index >= 15 is 0 Å². The third-order valence-electron chi connectivity index (χ3n) is 5.72. The maximum Gasteiger partial charge on any atom is 0.416 e. The molecule has 0 saturated heterocycles. The zero-order valence-corrected chi connectivity index (χ0v) is 21.3. The quantitative estimate of drug-likeness (QED) is 0.251. The standard InChI is InChI=1S/C27H23F3N2O3S2/c1-18(19-6-3-2-4-7-19)17-37(34,35)23-10-11-24(20-12-13-36-16-20)25(15-23)32-26(33)31-22-9-5-8-21(14-22)27(28,29)30/h2-16,18H,17H2,1H3,(H2,31,32,33)/t18-/m1/s1. The first-order chi connectivity index (χ1) is 17.5. The number of sulfone groups is 1. The van der Waals surface area contributed by atoms with E-state index in [0.717, 1.165) is 23.3 Å². The lowest BCUT2D eigenvalue weighted by Crippen LogP contribution is -2.21. The summed E-state index contributed by atoms with van der Waals surface area (Å²) >= 11 is 1.43. The zero-order valence-electron chi connectivity index (χ0n) is 19.6. The Bertz CT molecular complexity index is 1490. The van der Waals surface area contributed by atoms with Gasteiger partial charge in [0.05, 0.1) is 21.9 Å². The zero-order chi connectivity index (χ0) is 26.6. The summed E-state index contributed by atoms with van der Waals surface area (Å²) < 4.78 is 65.6. The molecule has 0 bridgehead atoms. The summed E-state index contributed by atoms with van der Waals surface area (Å²) in [6.45, 7) is 1.83. The van der Waals surface area contributed by atoms with Crippen LogP contribution in [0.4, 0.5) is 29.3 Å². The van der Waals surface area contributed by atoms with Gasteiger partial charge in [0.25, 0.3) is 0 Å². The molecule has 1 atom stereocenters. The van der Waals surface area contributed by atoms with Crippen molar-refractivity contribution in [3.63, 3.8) is 0 Å². The van der Waals surface area contributed by atoms with Crippen molar-refractivity contribution in [2.24, 2.45) is 0 Å². The van der Waals surface area contributed by atoms with Crippen LogP contribution in [0.2, 0.25) is 0 Å². The van der Waals surface area contributed by atoms with Crippen LogP contribution in [0.1, 0.15) is 24.0 Å². The first kappa shape index (κ1) is 26.4. The summed E-state index contributed by atoms with van der Waals surface area (Å²) in [6.07, 6.45) is -4.56. The Kier molecular flexibility index (Phi) is 7.70. The molecule has 5 nitrogen and oxygen atoms in total. The minimum absolute atomic E-state index is 0.0311. The molecule has 2 amide bonds. The van der Waals surface area contributed by atoms with Crippen molar-refractivity contribution in [3.8, 4) is 11.1 Å². The lowest BCUT2D eigenvalue weighted by Gasteiger charge is -2.16. The van der Waals surface area contributed by atoms with E-state index in [1.54, 1.807) is 6.07 Å². The van der Waals surface area contributed by atoms with Gasteiger partial charge in [0.15, 0.2) is 9.84 Å². The molecule has 0 aliphatic carbocycles. The number of hydrogen-bond acceptors (Lipinski definition) is 4. The van der Waals surface area contributed by atoms with Crippen molar-refractivity contribution in [1.29, 1.82) is 0 Å². The average molecular weight is 545 g/mol. The molecular weight excluding hydrogens is 521 g/mol. The predicted molar refractivity (Wildman–Crippen MR) is 141 cm³/mol. The molecule has 0 saturated carbocycles. The van der Waals surface area contributed by atoms with Gasteiger partial charge in [-0.15, -0.1) is 0 Å². The van der Waals surface area contributed by atoms with Crippen molar-refractivity contribution in [2.45, 2.75) is 23.9 Å². The normalized spacial score (nSPS) is 12.6. The van der Waals surface area contributed by atoms with Crippen LogP contribution in [0.5, 0.6) is 0 Å². The molecule has 0 radical (unpaired) electrons. The van der Waals surface area contributed by atoms with E-state index in [0.29, 0.717) is 5.56 Å². The average Bonchev–Trinajstić information content (AvgIpc) is 3.39. The fourth-order valence-corrected chi connectivity index (χ4v) is 6.12. The second kappa shape index (κ2) is 10.8. The largest absolute Gasteiger partial charge is 0.416 e. The molecule has 0 aliphatic heterocycles. The summed E-state index contributed by atoms with van der Waals surface area (Å²) in [5.74, 6) is -0.395. The number of halogens is 3. The van der Waals surface area contributed by atoms with E-state index in [-0.39, 0.29) is 27.9 Å². The van der Waals surface area contributed by atoms with Gasteiger partial charge in [-0.05, 0) is 64.2 Å². The Balaban J connectivity index is 1.61. The van der Waals surface area contributed by atoms with Gasteiger partial charge >= 0.3 is 12.2 Å². The minimum atomic E-state index is -4.56. The fraction of sp³-hybridized carbons (Fsp3) is 0.148. The molecule has 0 aliphatic rings. The van der Waals surface area contributed by atoms with Gasteiger partial charge in [0.2, 0.25) is 0 Å². The lowest BCUT2D eigenvalue weighted by molar-refractivity contribution is -0.137. The van der Waals surface area contributed by atoms with Crippen LogP contribution >= 0.6 is 11.3 Å². The van der Waals surface area contributed by atoms with Crippen LogP contribution in [-0.4, -0.2) is 20.2 Å². The van der Waals surface area contributed by atoms with Gasteiger partial charge in [-0.1, -0.05) is 49.4 Å². The molecule has 10 heteroatoms. The third-order valence-corrected chi connectivity index (χ3v) is 8.31. The topological polar surface area (TPSA) is 75.3 Å². The highest BCUT2D eigenvalue weighted by molar-refractivity contribution is 7.91. The summed E-state index contributed by atoms with van der Waals surface area (Å²) in [5.41, 5.74) is 1.50.